The number of nitrogens with zero attached hydrogens (tertiary/aromatic N) is 1. The molecule has 0 radical (unpaired) electrons. The second-order valence-corrected chi connectivity index (χ2v) is 7.55. The Morgan fingerprint density at radius 1 is 1.41 bits per heavy atom. The Balaban J connectivity index is 1.78. The summed E-state index contributed by atoms with van der Waals surface area (Å²) in [6.45, 7) is 10.4. The summed E-state index contributed by atoms with van der Waals surface area (Å²) in [5.74, 6) is 0.390. The van der Waals surface area contributed by atoms with Crippen LogP contribution in [0.15, 0.2) is 12.7 Å². The molecule has 0 saturated carbocycles. The second-order valence-electron chi connectivity index (χ2n) is 7.55. The van der Waals surface area contributed by atoms with E-state index < -0.39 is 11.4 Å². The summed E-state index contributed by atoms with van der Waals surface area (Å²) in [5.41, 5.74) is -0.504. The molecule has 0 spiro atoms. The molecule has 3 rings (SSSR count). The molecule has 0 aliphatic carbocycles. The van der Waals surface area contributed by atoms with Crippen LogP contribution in [0.5, 0.6) is 0 Å². The first-order valence-corrected chi connectivity index (χ1v) is 8.16. The smallest absolute Gasteiger partial charge is 0.303 e. The normalized spacial score (nSPS) is 30.8. The van der Waals surface area contributed by atoms with Crippen molar-refractivity contribution < 1.29 is 14.7 Å². The van der Waals surface area contributed by atoms with Crippen LogP contribution in [0.4, 0.5) is 0 Å². The first kappa shape index (κ1) is 17.0. The lowest BCUT2D eigenvalue weighted by Crippen LogP contribution is -2.56. The van der Waals surface area contributed by atoms with Gasteiger partial charge in [-0.05, 0) is 36.6 Å². The van der Waals surface area contributed by atoms with Gasteiger partial charge in [-0.3, -0.25) is 14.5 Å². The van der Waals surface area contributed by atoms with E-state index in [9.17, 15) is 9.59 Å². The number of carbonyl (C=O) groups excluding carboxylic acids is 1. The number of aliphatic carboxylic acids is 1. The predicted octanol–water partition coefficient (Wildman–Crippen LogP) is 1.89. The van der Waals surface area contributed by atoms with Crippen molar-refractivity contribution in [2.45, 2.75) is 45.6 Å². The van der Waals surface area contributed by atoms with Gasteiger partial charge in [-0.15, -0.1) is 6.58 Å². The Labute approximate surface area is 132 Å². The minimum absolute atomic E-state index is 0.0130. The minimum Gasteiger partial charge on any atom is -0.481 e. The third kappa shape index (κ3) is 4.32. The molecule has 3 aliphatic heterocycles. The summed E-state index contributed by atoms with van der Waals surface area (Å²) in [4.78, 5) is 25.3. The van der Waals surface area contributed by atoms with Gasteiger partial charge in [0.25, 0.3) is 0 Å². The number of hydrogen-bond donors (Lipinski definition) is 2. The van der Waals surface area contributed by atoms with Crippen molar-refractivity contribution in [3.63, 3.8) is 0 Å². The van der Waals surface area contributed by atoms with Crippen molar-refractivity contribution >= 4 is 11.9 Å². The van der Waals surface area contributed by atoms with Gasteiger partial charge in [-0.25, -0.2) is 0 Å². The maximum Gasteiger partial charge on any atom is 0.303 e. The summed E-state index contributed by atoms with van der Waals surface area (Å²) in [5, 5.41) is 11.9. The predicted molar refractivity (Wildman–Crippen MR) is 85.4 cm³/mol. The van der Waals surface area contributed by atoms with Crippen LogP contribution in [-0.4, -0.2) is 47.6 Å². The van der Waals surface area contributed by atoms with E-state index in [-0.39, 0.29) is 18.7 Å². The fourth-order valence-electron chi connectivity index (χ4n) is 3.86. The van der Waals surface area contributed by atoms with Crippen LogP contribution < -0.4 is 5.32 Å². The summed E-state index contributed by atoms with van der Waals surface area (Å²) in [6.07, 6.45) is 4.69. The number of hydrogen-bond acceptors (Lipinski definition) is 3. The van der Waals surface area contributed by atoms with Crippen LogP contribution >= 0.6 is 0 Å². The van der Waals surface area contributed by atoms with Crippen molar-refractivity contribution in [1.82, 2.24) is 10.2 Å². The first-order chi connectivity index (χ1) is 10.3. The van der Waals surface area contributed by atoms with Gasteiger partial charge in [0.2, 0.25) is 5.91 Å². The fourth-order valence-corrected chi connectivity index (χ4v) is 3.86. The highest BCUT2D eigenvalue weighted by molar-refractivity contribution is 5.77. The number of carbonyl (C=O) groups is 2. The van der Waals surface area contributed by atoms with Crippen LogP contribution in [-0.2, 0) is 9.59 Å². The quantitative estimate of drug-likeness (QED) is 0.705. The summed E-state index contributed by atoms with van der Waals surface area (Å²) in [6, 6.07) is 0.418. The van der Waals surface area contributed by atoms with E-state index in [0.29, 0.717) is 24.4 Å². The van der Waals surface area contributed by atoms with Gasteiger partial charge in [-0.2, -0.15) is 0 Å². The largest absolute Gasteiger partial charge is 0.481 e. The van der Waals surface area contributed by atoms with E-state index in [4.69, 9.17) is 5.11 Å². The molecule has 124 valence electrons. The molecule has 3 aliphatic rings. The van der Waals surface area contributed by atoms with Crippen molar-refractivity contribution in [2.24, 2.45) is 17.3 Å². The van der Waals surface area contributed by atoms with Gasteiger partial charge in [-0.1, -0.05) is 19.9 Å². The van der Waals surface area contributed by atoms with Gasteiger partial charge in [0.1, 0.15) is 0 Å². The lowest BCUT2D eigenvalue weighted by molar-refractivity contribution is -0.139. The highest BCUT2D eigenvalue weighted by Gasteiger charge is 2.38. The van der Waals surface area contributed by atoms with Crippen molar-refractivity contribution in [2.75, 3.05) is 19.6 Å². The Morgan fingerprint density at radius 3 is 2.68 bits per heavy atom. The Bertz CT molecular complexity index is 447. The molecule has 2 bridgehead atoms. The number of fused-ring (bicyclic) bond motifs is 3. The lowest BCUT2D eigenvalue weighted by atomic mass is 9.75. The topological polar surface area (TPSA) is 69.6 Å². The number of nitrogens with one attached hydrogen (secondary N) is 1. The van der Waals surface area contributed by atoms with E-state index in [2.05, 4.69) is 22.9 Å². The van der Waals surface area contributed by atoms with E-state index in [1.54, 1.807) is 0 Å². The molecule has 3 saturated heterocycles. The zero-order valence-corrected chi connectivity index (χ0v) is 13.7. The Kier molecular flexibility index (Phi) is 5.27. The molecule has 0 aromatic rings. The summed E-state index contributed by atoms with van der Waals surface area (Å²) < 4.78 is 0. The molecule has 5 nitrogen and oxygen atoms in total. The standard InChI is InChI=1S/C17H28N2O3/c1-4-12-11-19-6-5-13(12)7-14(19)10-18-15(20)8-17(2,3)9-16(21)22/h4,12-14H,1,5-11H2,2-3H3,(H,18,20)(H,21,22). The third-order valence-corrected chi connectivity index (χ3v) is 5.04. The fraction of sp³-hybridized carbons (Fsp3) is 0.765. The second kappa shape index (κ2) is 6.82. The molecule has 4 atom stereocenters. The number of carboxylic acid groups (broad SMARTS) is 1. The van der Waals surface area contributed by atoms with Crippen molar-refractivity contribution in [3.05, 3.63) is 12.7 Å². The Morgan fingerprint density at radius 2 is 2.14 bits per heavy atom. The zero-order valence-electron chi connectivity index (χ0n) is 13.7. The van der Waals surface area contributed by atoms with Crippen molar-refractivity contribution in [3.8, 4) is 0 Å². The van der Waals surface area contributed by atoms with Crippen LogP contribution in [0.2, 0.25) is 0 Å². The maximum atomic E-state index is 12.1. The van der Waals surface area contributed by atoms with Crippen LogP contribution in [0.25, 0.3) is 0 Å². The molecule has 0 aromatic carbocycles. The molecule has 3 heterocycles. The van der Waals surface area contributed by atoms with E-state index in [1.165, 1.54) is 6.42 Å². The molecule has 4 unspecified atom stereocenters. The van der Waals surface area contributed by atoms with Gasteiger partial charge in [0, 0.05) is 25.6 Å². The molecule has 5 heteroatoms. The van der Waals surface area contributed by atoms with Crippen LogP contribution in [0, 0.1) is 17.3 Å². The van der Waals surface area contributed by atoms with Gasteiger partial charge in [0.15, 0.2) is 0 Å². The Hall–Kier alpha value is -1.36. The van der Waals surface area contributed by atoms with Crippen LogP contribution in [0.3, 0.4) is 0 Å². The molecular weight excluding hydrogens is 280 g/mol. The maximum absolute atomic E-state index is 12.1. The van der Waals surface area contributed by atoms with Gasteiger partial charge in [0.05, 0.1) is 6.42 Å². The molecule has 1 amide bonds. The average molecular weight is 308 g/mol. The molecule has 2 N–H and O–H groups in total. The molecule has 0 aromatic heterocycles. The lowest BCUT2D eigenvalue weighted by Gasteiger charge is -2.49. The third-order valence-electron chi connectivity index (χ3n) is 5.04. The first-order valence-electron chi connectivity index (χ1n) is 8.16. The SMILES string of the molecule is C=CC1CN2CCC1CC2CNC(=O)CC(C)(C)CC(=O)O. The number of rotatable bonds is 7. The molecular formula is C17H28N2O3. The van der Waals surface area contributed by atoms with Crippen LogP contribution in [0.1, 0.15) is 39.5 Å². The van der Waals surface area contributed by atoms with E-state index in [1.807, 2.05) is 13.8 Å². The summed E-state index contributed by atoms with van der Waals surface area (Å²) >= 11 is 0. The zero-order chi connectivity index (χ0) is 16.3. The van der Waals surface area contributed by atoms with Gasteiger partial charge < -0.3 is 10.4 Å². The average Bonchev–Trinajstić information content (AvgIpc) is 2.43. The number of carboxylic acids is 1. The van der Waals surface area contributed by atoms with Gasteiger partial charge >= 0.3 is 5.97 Å². The number of piperidine rings is 3. The summed E-state index contributed by atoms with van der Waals surface area (Å²) in [7, 11) is 0. The van der Waals surface area contributed by atoms with E-state index in [0.717, 1.165) is 19.5 Å². The molecule has 3 fully saturated rings. The minimum atomic E-state index is -0.857. The van der Waals surface area contributed by atoms with E-state index >= 15 is 0 Å². The highest BCUT2D eigenvalue weighted by atomic mass is 16.4. The number of amides is 1. The van der Waals surface area contributed by atoms with Crippen molar-refractivity contribution in [1.29, 1.82) is 0 Å². The monoisotopic (exact) mass is 308 g/mol. The molecule has 22 heavy (non-hydrogen) atoms. The highest BCUT2D eigenvalue weighted by Crippen LogP contribution is 2.36.